The molecule has 0 aliphatic rings. The van der Waals surface area contributed by atoms with Crippen LogP contribution < -0.4 is 9.47 Å². The zero-order valence-corrected chi connectivity index (χ0v) is 20.8. The van der Waals surface area contributed by atoms with Crippen molar-refractivity contribution in [2.45, 2.75) is 78.4 Å². The third-order valence-electron chi connectivity index (χ3n) is 6.02. The highest BCUT2D eigenvalue weighted by molar-refractivity contribution is 6.74. The maximum absolute atomic E-state index is 6.35. The van der Waals surface area contributed by atoms with E-state index >= 15 is 0 Å². The number of methoxy groups -OCH3 is 2. The first-order valence-corrected chi connectivity index (χ1v) is 13.4. The molecule has 0 bridgehead atoms. The third-order valence-corrected chi connectivity index (χ3v) is 10.6. The fourth-order valence-electron chi connectivity index (χ4n) is 2.94. The van der Waals surface area contributed by atoms with Gasteiger partial charge in [-0.1, -0.05) is 59.3 Å². The van der Waals surface area contributed by atoms with Crippen LogP contribution >= 0.6 is 0 Å². The lowest BCUT2D eigenvalue weighted by atomic mass is 9.91. The molecule has 0 aliphatic carbocycles. The van der Waals surface area contributed by atoms with Crippen molar-refractivity contribution in [3.05, 3.63) is 35.4 Å². The lowest BCUT2D eigenvalue weighted by Gasteiger charge is -2.36. The van der Waals surface area contributed by atoms with E-state index in [1.165, 1.54) is 11.1 Å². The molecule has 0 fully saturated rings. The van der Waals surface area contributed by atoms with Crippen LogP contribution in [-0.4, -0.2) is 29.1 Å². The van der Waals surface area contributed by atoms with E-state index in [4.69, 9.17) is 13.9 Å². The van der Waals surface area contributed by atoms with Gasteiger partial charge in [-0.2, -0.15) is 0 Å². The minimum atomic E-state index is -1.65. The van der Waals surface area contributed by atoms with Crippen molar-refractivity contribution >= 4 is 8.32 Å². The molecule has 0 aliphatic heterocycles. The first-order valence-electron chi connectivity index (χ1n) is 10.5. The van der Waals surface area contributed by atoms with Crippen LogP contribution in [0.4, 0.5) is 0 Å². The van der Waals surface area contributed by atoms with Gasteiger partial charge in [0.05, 0.1) is 14.2 Å². The van der Waals surface area contributed by atoms with Crippen LogP contribution in [-0.2, 0) is 4.43 Å². The molecule has 0 N–H and O–H groups in total. The van der Waals surface area contributed by atoms with E-state index in [2.05, 4.69) is 72.8 Å². The van der Waals surface area contributed by atoms with Gasteiger partial charge in [-0.15, -0.1) is 0 Å². The minimum Gasteiger partial charge on any atom is -0.493 e. The minimum absolute atomic E-state index is 0.269. The van der Waals surface area contributed by atoms with Crippen molar-refractivity contribution < 1.29 is 13.9 Å². The summed E-state index contributed by atoms with van der Waals surface area (Å²) in [5, 5.41) is 0.269. The summed E-state index contributed by atoms with van der Waals surface area (Å²) in [7, 11) is 1.70. The van der Waals surface area contributed by atoms with Gasteiger partial charge >= 0.3 is 0 Å². The van der Waals surface area contributed by atoms with Crippen LogP contribution in [0.15, 0.2) is 29.8 Å². The predicted octanol–water partition coefficient (Wildman–Crippen LogP) is 7.19. The van der Waals surface area contributed by atoms with Crippen LogP contribution in [0.1, 0.15) is 65.9 Å². The number of hydrogen-bond donors (Lipinski definition) is 0. The Hall–Kier alpha value is -1.26. The second-order valence-electron chi connectivity index (χ2n) is 9.51. The van der Waals surface area contributed by atoms with E-state index in [0.29, 0.717) is 11.8 Å². The Kier molecular flexibility index (Phi) is 9.29. The number of hydrogen-bond acceptors (Lipinski definition) is 3. The molecule has 0 heterocycles. The van der Waals surface area contributed by atoms with Crippen LogP contribution in [0, 0.1) is 5.92 Å². The first kappa shape index (κ1) is 24.8. The molecule has 1 atom stereocenters. The molecule has 0 radical (unpaired) electrons. The maximum atomic E-state index is 6.35. The van der Waals surface area contributed by atoms with Crippen molar-refractivity contribution in [1.29, 1.82) is 0 Å². The molecule has 0 aromatic heterocycles. The van der Waals surface area contributed by atoms with E-state index in [0.717, 1.165) is 30.9 Å². The van der Waals surface area contributed by atoms with Gasteiger partial charge in [0.25, 0.3) is 0 Å². The van der Waals surface area contributed by atoms with Gasteiger partial charge < -0.3 is 13.9 Å². The lowest BCUT2D eigenvalue weighted by molar-refractivity contribution is 0.281. The Labute approximate surface area is 174 Å². The molecule has 0 saturated carbocycles. The maximum Gasteiger partial charge on any atom is 0.191 e. The third kappa shape index (κ3) is 6.96. The zero-order valence-electron chi connectivity index (χ0n) is 19.8. The van der Waals surface area contributed by atoms with Crippen molar-refractivity contribution in [3.8, 4) is 11.5 Å². The van der Waals surface area contributed by atoms with Crippen LogP contribution in [0.25, 0.3) is 0 Å². The molecule has 0 amide bonds. The predicted molar refractivity (Wildman–Crippen MR) is 123 cm³/mol. The van der Waals surface area contributed by atoms with Gasteiger partial charge in [-0.05, 0) is 60.5 Å². The molecule has 4 heteroatoms. The Balaban J connectivity index is 2.79. The summed E-state index contributed by atoms with van der Waals surface area (Å²) in [4.78, 5) is 0. The van der Waals surface area contributed by atoms with Crippen molar-refractivity contribution in [1.82, 2.24) is 0 Å². The lowest BCUT2D eigenvalue weighted by Crippen LogP contribution is -2.40. The van der Waals surface area contributed by atoms with Gasteiger partial charge in [0.1, 0.15) is 0 Å². The number of rotatable bonds is 10. The molecule has 0 saturated heterocycles. The summed E-state index contributed by atoms with van der Waals surface area (Å²) >= 11 is 0. The number of allylic oxidation sites excluding steroid dienone is 2. The Morgan fingerprint density at radius 3 is 2.14 bits per heavy atom. The molecule has 1 aromatic rings. The molecular formula is C24H42O3Si. The van der Waals surface area contributed by atoms with E-state index in [-0.39, 0.29) is 5.04 Å². The highest BCUT2D eigenvalue weighted by Gasteiger charge is 2.36. The van der Waals surface area contributed by atoms with Gasteiger partial charge in [-0.25, -0.2) is 0 Å². The van der Waals surface area contributed by atoms with E-state index < -0.39 is 8.32 Å². The van der Waals surface area contributed by atoms with Crippen molar-refractivity contribution in [2.24, 2.45) is 5.92 Å². The topological polar surface area (TPSA) is 27.7 Å². The van der Waals surface area contributed by atoms with Crippen molar-refractivity contribution in [3.63, 3.8) is 0 Å². The summed E-state index contributed by atoms with van der Waals surface area (Å²) < 4.78 is 17.2. The Morgan fingerprint density at radius 2 is 1.64 bits per heavy atom. The quantitative estimate of drug-likeness (QED) is 0.234. The summed E-state index contributed by atoms with van der Waals surface area (Å²) in [6, 6.07) is 6.19. The SMILES string of the molecule is COc1ccc(C(C)/C=C(\CCCO[Si](C)(C)C(C)(C)C)C(C)C)cc1OC. The Bertz CT molecular complexity index is 642. The second-order valence-corrected chi connectivity index (χ2v) is 14.3. The normalized spacial score (nSPS) is 14.3. The average molecular weight is 407 g/mol. The largest absolute Gasteiger partial charge is 0.493 e. The smallest absolute Gasteiger partial charge is 0.191 e. The monoisotopic (exact) mass is 406 g/mol. The second kappa shape index (κ2) is 10.5. The molecule has 1 rings (SSSR count). The Morgan fingerprint density at radius 1 is 1.04 bits per heavy atom. The van der Waals surface area contributed by atoms with Gasteiger partial charge in [0.2, 0.25) is 0 Å². The van der Waals surface area contributed by atoms with E-state index in [1.807, 2.05) is 6.07 Å². The fraction of sp³-hybridized carbons (Fsp3) is 0.667. The summed E-state index contributed by atoms with van der Waals surface area (Å²) in [5.41, 5.74) is 2.74. The summed E-state index contributed by atoms with van der Waals surface area (Å²) in [5.74, 6) is 2.43. The molecular weight excluding hydrogens is 364 g/mol. The number of ether oxygens (including phenoxy) is 2. The van der Waals surface area contributed by atoms with Crippen molar-refractivity contribution in [2.75, 3.05) is 20.8 Å². The van der Waals surface area contributed by atoms with E-state index in [1.54, 1.807) is 14.2 Å². The van der Waals surface area contributed by atoms with Crippen LogP contribution in [0.5, 0.6) is 11.5 Å². The molecule has 1 aromatic carbocycles. The molecule has 28 heavy (non-hydrogen) atoms. The van der Waals surface area contributed by atoms with Gasteiger partial charge in [-0.3, -0.25) is 0 Å². The molecule has 160 valence electrons. The average Bonchev–Trinajstić information content (AvgIpc) is 2.62. The zero-order chi connectivity index (χ0) is 21.5. The molecule has 1 unspecified atom stereocenters. The van der Waals surface area contributed by atoms with Crippen LogP contribution in [0.3, 0.4) is 0 Å². The highest BCUT2D eigenvalue weighted by Crippen LogP contribution is 2.37. The highest BCUT2D eigenvalue weighted by atomic mass is 28.4. The first-order chi connectivity index (χ1) is 12.9. The standard InChI is InChI=1S/C24H42O3Si/c1-18(2)20(12-11-15-27-28(9,10)24(4,5)6)16-19(3)21-13-14-22(25-7)23(17-21)26-8/h13-14,16-19H,11-12,15H2,1-10H3/b20-16+. The molecule has 3 nitrogen and oxygen atoms in total. The van der Waals surface area contributed by atoms with Crippen LogP contribution in [0.2, 0.25) is 18.1 Å². The summed E-state index contributed by atoms with van der Waals surface area (Å²) in [6.07, 6.45) is 4.58. The molecule has 0 spiro atoms. The number of benzene rings is 1. The summed E-state index contributed by atoms with van der Waals surface area (Å²) in [6.45, 7) is 19.2. The van der Waals surface area contributed by atoms with Gasteiger partial charge in [0, 0.05) is 6.61 Å². The fourth-order valence-corrected chi connectivity index (χ4v) is 4.03. The van der Waals surface area contributed by atoms with E-state index in [9.17, 15) is 0 Å². The van der Waals surface area contributed by atoms with Gasteiger partial charge in [0.15, 0.2) is 19.8 Å².